The summed E-state index contributed by atoms with van der Waals surface area (Å²) in [6, 6.07) is 0.493. The van der Waals surface area contributed by atoms with Gasteiger partial charge in [-0.1, -0.05) is 0 Å². The molecule has 1 unspecified atom stereocenters. The molecule has 0 aliphatic carbocycles. The first kappa shape index (κ1) is 13.9. The summed E-state index contributed by atoms with van der Waals surface area (Å²) < 4.78 is 0. The average molecular weight is 202 g/mol. The van der Waals surface area contributed by atoms with E-state index < -0.39 is 0 Å². The van der Waals surface area contributed by atoms with E-state index in [1.54, 1.807) is 0 Å². The third kappa shape index (κ3) is 9.96. The van der Waals surface area contributed by atoms with Gasteiger partial charge in [0.25, 0.3) is 0 Å². The van der Waals surface area contributed by atoms with E-state index in [1.807, 2.05) is 0 Å². The molecule has 0 bridgehead atoms. The molecule has 0 aromatic rings. The lowest BCUT2D eigenvalue weighted by Crippen LogP contribution is -2.44. The molecule has 86 valence electrons. The van der Waals surface area contributed by atoms with Gasteiger partial charge in [0.05, 0.1) is 0 Å². The van der Waals surface area contributed by atoms with E-state index in [0.717, 1.165) is 25.9 Å². The van der Waals surface area contributed by atoms with Crippen LogP contribution in [0.3, 0.4) is 0 Å². The molecular weight excluding hydrogens is 176 g/mol. The fourth-order valence-electron chi connectivity index (χ4n) is 1.12. The van der Waals surface area contributed by atoms with Crippen LogP contribution in [0, 0.1) is 0 Å². The Labute approximate surface area is 88.3 Å². The Kier molecular flexibility index (Phi) is 7.15. The first-order chi connectivity index (χ1) is 6.45. The van der Waals surface area contributed by atoms with Crippen molar-refractivity contribution >= 4 is 0 Å². The molecule has 0 saturated heterocycles. The van der Waals surface area contributed by atoms with Crippen LogP contribution in [-0.2, 0) is 0 Å². The zero-order valence-electron chi connectivity index (χ0n) is 10.1. The molecule has 0 fully saturated rings. The molecule has 0 aliphatic rings. The Hall–Kier alpha value is -0.120. The fourth-order valence-corrected chi connectivity index (χ4v) is 1.12. The van der Waals surface area contributed by atoms with Crippen LogP contribution in [0.15, 0.2) is 0 Å². The highest BCUT2D eigenvalue weighted by Gasteiger charge is 2.10. The predicted octanol–water partition coefficient (Wildman–Crippen LogP) is 1.13. The van der Waals surface area contributed by atoms with E-state index in [9.17, 15) is 0 Å². The molecule has 0 amide bonds. The minimum atomic E-state index is 0.195. The minimum absolute atomic E-state index is 0.195. The molecule has 0 rings (SSSR count). The maximum absolute atomic E-state index is 8.60. The van der Waals surface area contributed by atoms with Crippen LogP contribution in [-0.4, -0.2) is 36.4 Å². The van der Waals surface area contributed by atoms with Gasteiger partial charge >= 0.3 is 0 Å². The maximum Gasteiger partial charge on any atom is 0.0431 e. The Morgan fingerprint density at radius 2 is 1.86 bits per heavy atom. The minimum Gasteiger partial charge on any atom is -0.396 e. The van der Waals surface area contributed by atoms with E-state index in [1.165, 1.54) is 0 Å². The van der Waals surface area contributed by atoms with Gasteiger partial charge in [-0.15, -0.1) is 0 Å². The van der Waals surface area contributed by atoms with Crippen LogP contribution < -0.4 is 10.6 Å². The third-order valence-corrected chi connectivity index (χ3v) is 2.02. The van der Waals surface area contributed by atoms with Gasteiger partial charge in [-0.2, -0.15) is 0 Å². The lowest BCUT2D eigenvalue weighted by molar-refractivity contribution is 0.282. The van der Waals surface area contributed by atoms with Crippen molar-refractivity contribution < 1.29 is 5.11 Å². The van der Waals surface area contributed by atoms with Crippen molar-refractivity contribution in [1.82, 2.24) is 10.6 Å². The van der Waals surface area contributed by atoms with E-state index in [0.29, 0.717) is 12.6 Å². The van der Waals surface area contributed by atoms with Crippen molar-refractivity contribution in [2.45, 2.75) is 52.1 Å². The van der Waals surface area contributed by atoms with Gasteiger partial charge < -0.3 is 15.7 Å². The first-order valence-corrected chi connectivity index (χ1v) is 5.55. The highest BCUT2D eigenvalue weighted by molar-refractivity contribution is 4.74. The molecule has 0 radical (unpaired) electrons. The molecule has 0 aromatic heterocycles. The second kappa shape index (κ2) is 7.21. The number of rotatable bonds is 7. The van der Waals surface area contributed by atoms with Gasteiger partial charge in [-0.25, -0.2) is 0 Å². The summed E-state index contributed by atoms with van der Waals surface area (Å²) in [6.07, 6.45) is 1.95. The normalized spacial score (nSPS) is 14.4. The van der Waals surface area contributed by atoms with Crippen molar-refractivity contribution in [3.05, 3.63) is 0 Å². The van der Waals surface area contributed by atoms with Crippen LogP contribution >= 0.6 is 0 Å². The lowest BCUT2D eigenvalue weighted by atomic mass is 10.1. The predicted molar refractivity (Wildman–Crippen MR) is 61.5 cm³/mol. The van der Waals surface area contributed by atoms with Crippen LogP contribution in [0.1, 0.15) is 40.5 Å². The number of aliphatic hydroxyl groups is 1. The van der Waals surface area contributed by atoms with Gasteiger partial charge in [0.2, 0.25) is 0 Å². The van der Waals surface area contributed by atoms with Crippen molar-refractivity contribution in [3.63, 3.8) is 0 Å². The van der Waals surface area contributed by atoms with Crippen LogP contribution in [0.2, 0.25) is 0 Å². The zero-order chi connectivity index (χ0) is 11.0. The number of aliphatic hydroxyl groups excluding tert-OH is 1. The quantitative estimate of drug-likeness (QED) is 0.542. The molecule has 3 N–H and O–H groups in total. The smallest absolute Gasteiger partial charge is 0.0431 e. The molecule has 0 spiro atoms. The number of hydrogen-bond donors (Lipinski definition) is 3. The SMILES string of the molecule is CC(CNC(C)(C)C)NCCCCO. The van der Waals surface area contributed by atoms with Crippen molar-refractivity contribution in [2.24, 2.45) is 0 Å². The Bertz CT molecular complexity index is 132. The summed E-state index contributed by atoms with van der Waals surface area (Å²) in [7, 11) is 0. The second-order valence-electron chi connectivity index (χ2n) is 4.92. The fraction of sp³-hybridized carbons (Fsp3) is 1.00. The summed E-state index contributed by atoms with van der Waals surface area (Å²) in [5.74, 6) is 0. The Balaban J connectivity index is 3.32. The van der Waals surface area contributed by atoms with Crippen LogP contribution in [0.4, 0.5) is 0 Å². The lowest BCUT2D eigenvalue weighted by Gasteiger charge is -2.24. The van der Waals surface area contributed by atoms with Crippen LogP contribution in [0.25, 0.3) is 0 Å². The monoisotopic (exact) mass is 202 g/mol. The van der Waals surface area contributed by atoms with Gasteiger partial charge in [0.15, 0.2) is 0 Å². The van der Waals surface area contributed by atoms with Gasteiger partial charge in [0, 0.05) is 24.7 Å². The number of unbranched alkanes of at least 4 members (excludes halogenated alkanes) is 1. The summed E-state index contributed by atoms with van der Waals surface area (Å²) in [6.45, 7) is 11.0. The molecule has 1 atom stereocenters. The first-order valence-electron chi connectivity index (χ1n) is 5.55. The summed E-state index contributed by atoms with van der Waals surface area (Å²) >= 11 is 0. The standard InChI is InChI=1S/C11H26N2O/c1-10(9-13-11(2,3)4)12-7-5-6-8-14/h10,12-14H,5-9H2,1-4H3. The molecule has 0 saturated carbocycles. The van der Waals surface area contributed by atoms with E-state index in [4.69, 9.17) is 5.11 Å². The molecule has 14 heavy (non-hydrogen) atoms. The number of nitrogens with one attached hydrogen (secondary N) is 2. The van der Waals surface area contributed by atoms with E-state index in [2.05, 4.69) is 38.3 Å². The van der Waals surface area contributed by atoms with Crippen molar-refractivity contribution in [1.29, 1.82) is 0 Å². The van der Waals surface area contributed by atoms with E-state index in [-0.39, 0.29) is 5.54 Å². The molecule has 0 aliphatic heterocycles. The molecular formula is C11H26N2O. The molecule has 3 heteroatoms. The summed E-state index contributed by atoms with van der Waals surface area (Å²) in [5.41, 5.74) is 0.195. The second-order valence-corrected chi connectivity index (χ2v) is 4.92. The molecule has 0 heterocycles. The molecule has 0 aromatic carbocycles. The summed E-state index contributed by atoms with van der Waals surface area (Å²) in [4.78, 5) is 0. The average Bonchev–Trinajstić information content (AvgIpc) is 2.08. The third-order valence-electron chi connectivity index (χ3n) is 2.02. The summed E-state index contributed by atoms with van der Waals surface area (Å²) in [5, 5.41) is 15.5. The van der Waals surface area contributed by atoms with E-state index >= 15 is 0 Å². The van der Waals surface area contributed by atoms with Crippen LogP contribution in [0.5, 0.6) is 0 Å². The number of hydrogen-bond acceptors (Lipinski definition) is 3. The largest absolute Gasteiger partial charge is 0.396 e. The van der Waals surface area contributed by atoms with Gasteiger partial charge in [-0.05, 0) is 47.1 Å². The van der Waals surface area contributed by atoms with Crippen molar-refractivity contribution in [2.75, 3.05) is 19.7 Å². The highest BCUT2D eigenvalue weighted by Crippen LogP contribution is 1.98. The van der Waals surface area contributed by atoms with Crippen molar-refractivity contribution in [3.8, 4) is 0 Å². The Morgan fingerprint density at radius 1 is 1.21 bits per heavy atom. The van der Waals surface area contributed by atoms with Gasteiger partial charge in [0.1, 0.15) is 0 Å². The Morgan fingerprint density at radius 3 is 2.36 bits per heavy atom. The van der Waals surface area contributed by atoms with Gasteiger partial charge in [-0.3, -0.25) is 0 Å². The maximum atomic E-state index is 8.60. The highest BCUT2D eigenvalue weighted by atomic mass is 16.2. The molecule has 3 nitrogen and oxygen atoms in total. The topological polar surface area (TPSA) is 44.3 Å². The zero-order valence-corrected chi connectivity index (χ0v) is 10.1.